The molecule has 1 amide bonds. The van der Waals surface area contributed by atoms with E-state index in [1.54, 1.807) is 6.20 Å². The highest BCUT2D eigenvalue weighted by Gasteiger charge is 2.21. The van der Waals surface area contributed by atoms with Crippen molar-refractivity contribution in [2.24, 2.45) is 5.73 Å². The summed E-state index contributed by atoms with van der Waals surface area (Å²) < 4.78 is 0. The van der Waals surface area contributed by atoms with Gasteiger partial charge in [0.25, 0.3) is 5.91 Å². The summed E-state index contributed by atoms with van der Waals surface area (Å²) >= 11 is 0. The molecule has 0 spiro atoms. The molecular weight excluding hydrogens is 202 g/mol. The Morgan fingerprint density at radius 3 is 2.69 bits per heavy atom. The molecule has 1 aromatic heterocycles. The zero-order valence-electron chi connectivity index (χ0n) is 9.62. The summed E-state index contributed by atoms with van der Waals surface area (Å²) in [6.45, 7) is 1.91. The van der Waals surface area contributed by atoms with Crippen molar-refractivity contribution in [3.05, 3.63) is 23.5 Å². The second kappa shape index (κ2) is 4.70. The van der Waals surface area contributed by atoms with E-state index in [0.717, 1.165) is 36.9 Å². The normalized spacial score (nSPS) is 25.4. The van der Waals surface area contributed by atoms with E-state index in [1.165, 1.54) is 0 Å². The van der Waals surface area contributed by atoms with Crippen molar-refractivity contribution in [2.75, 3.05) is 0 Å². The number of nitrogens with one attached hydrogen (secondary N) is 2. The van der Waals surface area contributed by atoms with Gasteiger partial charge in [0.1, 0.15) is 0 Å². The van der Waals surface area contributed by atoms with E-state index in [4.69, 9.17) is 5.73 Å². The smallest absolute Gasteiger partial charge is 0.253 e. The number of amides is 1. The van der Waals surface area contributed by atoms with Gasteiger partial charge in [-0.3, -0.25) is 4.79 Å². The predicted molar refractivity (Wildman–Crippen MR) is 63.2 cm³/mol. The Balaban J connectivity index is 1.91. The van der Waals surface area contributed by atoms with Crippen molar-refractivity contribution >= 4 is 5.91 Å². The van der Waals surface area contributed by atoms with Crippen molar-refractivity contribution < 1.29 is 4.79 Å². The molecule has 1 fully saturated rings. The Morgan fingerprint density at radius 1 is 1.44 bits per heavy atom. The molecule has 1 aliphatic rings. The van der Waals surface area contributed by atoms with Gasteiger partial charge in [0.2, 0.25) is 0 Å². The predicted octanol–water partition coefficient (Wildman–Crippen LogP) is 1.32. The van der Waals surface area contributed by atoms with Crippen LogP contribution in [0.4, 0.5) is 0 Å². The van der Waals surface area contributed by atoms with Crippen LogP contribution in [0.1, 0.15) is 41.7 Å². The molecular formula is C12H19N3O. The minimum absolute atomic E-state index is 0.0271. The molecule has 1 heterocycles. The van der Waals surface area contributed by atoms with Gasteiger partial charge in [-0.05, 0) is 38.7 Å². The van der Waals surface area contributed by atoms with Crippen LogP contribution in [0.25, 0.3) is 0 Å². The maximum Gasteiger partial charge on any atom is 0.253 e. The molecule has 2 rings (SSSR count). The lowest BCUT2D eigenvalue weighted by Crippen LogP contribution is -2.40. The number of H-pyrrole nitrogens is 1. The van der Waals surface area contributed by atoms with Gasteiger partial charge < -0.3 is 16.0 Å². The topological polar surface area (TPSA) is 70.9 Å². The van der Waals surface area contributed by atoms with E-state index in [-0.39, 0.29) is 5.91 Å². The number of nitrogens with two attached hydrogens (primary N) is 1. The lowest BCUT2D eigenvalue weighted by atomic mass is 9.91. The monoisotopic (exact) mass is 221 g/mol. The maximum atomic E-state index is 11.9. The molecule has 4 N–H and O–H groups in total. The molecule has 0 aliphatic heterocycles. The summed E-state index contributed by atoms with van der Waals surface area (Å²) in [5.74, 6) is 0.0271. The molecule has 88 valence electrons. The molecule has 0 aromatic carbocycles. The summed E-state index contributed by atoms with van der Waals surface area (Å²) in [6.07, 6.45) is 5.81. The molecule has 4 nitrogen and oxygen atoms in total. The third-order valence-corrected chi connectivity index (χ3v) is 3.31. The van der Waals surface area contributed by atoms with Crippen LogP contribution in [-0.4, -0.2) is 23.0 Å². The van der Waals surface area contributed by atoms with Gasteiger partial charge in [0.15, 0.2) is 0 Å². The highest BCUT2D eigenvalue weighted by molar-refractivity contribution is 5.95. The first-order chi connectivity index (χ1) is 7.66. The first-order valence-corrected chi connectivity index (χ1v) is 5.87. The Labute approximate surface area is 95.6 Å². The summed E-state index contributed by atoms with van der Waals surface area (Å²) in [7, 11) is 0. The Kier molecular flexibility index (Phi) is 3.29. The maximum absolute atomic E-state index is 11.9. The number of carbonyl (C=O) groups excluding carboxylic acids is 1. The largest absolute Gasteiger partial charge is 0.365 e. The summed E-state index contributed by atoms with van der Waals surface area (Å²) in [4.78, 5) is 14.9. The lowest BCUT2D eigenvalue weighted by Gasteiger charge is -2.26. The summed E-state index contributed by atoms with van der Waals surface area (Å²) in [5, 5.41) is 3.07. The van der Waals surface area contributed by atoms with Crippen LogP contribution >= 0.6 is 0 Å². The SMILES string of the molecule is Cc1[nH]ccc1C(=O)NC1CCC(N)CC1. The minimum atomic E-state index is 0.0271. The zero-order valence-corrected chi connectivity index (χ0v) is 9.62. The summed E-state index contributed by atoms with van der Waals surface area (Å²) in [5.41, 5.74) is 7.50. The number of aromatic nitrogens is 1. The number of hydrogen-bond donors (Lipinski definition) is 3. The number of rotatable bonds is 2. The van der Waals surface area contributed by atoms with Crippen LogP contribution in [-0.2, 0) is 0 Å². The number of carbonyl (C=O) groups is 1. The molecule has 0 saturated heterocycles. The van der Waals surface area contributed by atoms with Gasteiger partial charge in [-0.2, -0.15) is 0 Å². The van der Waals surface area contributed by atoms with Gasteiger partial charge in [-0.15, -0.1) is 0 Å². The van der Waals surface area contributed by atoms with Crippen LogP contribution < -0.4 is 11.1 Å². The van der Waals surface area contributed by atoms with Gasteiger partial charge in [0.05, 0.1) is 5.56 Å². The Bertz CT molecular complexity index is 364. The van der Waals surface area contributed by atoms with E-state index in [2.05, 4.69) is 10.3 Å². The van der Waals surface area contributed by atoms with Crippen LogP contribution in [0.5, 0.6) is 0 Å². The van der Waals surface area contributed by atoms with E-state index < -0.39 is 0 Å². The quantitative estimate of drug-likeness (QED) is 0.705. The van der Waals surface area contributed by atoms with Crippen molar-refractivity contribution in [3.8, 4) is 0 Å². The van der Waals surface area contributed by atoms with Gasteiger partial charge in [-0.1, -0.05) is 0 Å². The van der Waals surface area contributed by atoms with Crippen LogP contribution in [0.2, 0.25) is 0 Å². The van der Waals surface area contributed by atoms with Gasteiger partial charge >= 0.3 is 0 Å². The molecule has 1 aliphatic carbocycles. The fourth-order valence-corrected chi connectivity index (χ4v) is 2.23. The molecule has 1 aromatic rings. The lowest BCUT2D eigenvalue weighted by molar-refractivity contribution is 0.0925. The van der Waals surface area contributed by atoms with Gasteiger partial charge in [0, 0.05) is 24.0 Å². The van der Waals surface area contributed by atoms with E-state index in [1.807, 2.05) is 13.0 Å². The molecule has 16 heavy (non-hydrogen) atoms. The van der Waals surface area contributed by atoms with Crippen LogP contribution in [0.15, 0.2) is 12.3 Å². The average molecular weight is 221 g/mol. The fraction of sp³-hybridized carbons (Fsp3) is 0.583. The molecule has 4 heteroatoms. The third-order valence-electron chi connectivity index (χ3n) is 3.31. The first-order valence-electron chi connectivity index (χ1n) is 5.87. The summed E-state index contributed by atoms with van der Waals surface area (Å²) in [6, 6.07) is 2.43. The number of hydrogen-bond acceptors (Lipinski definition) is 2. The zero-order chi connectivity index (χ0) is 11.5. The van der Waals surface area contributed by atoms with Crippen molar-refractivity contribution in [3.63, 3.8) is 0 Å². The Morgan fingerprint density at radius 2 is 2.12 bits per heavy atom. The van der Waals surface area contributed by atoms with Crippen molar-refractivity contribution in [1.29, 1.82) is 0 Å². The van der Waals surface area contributed by atoms with E-state index >= 15 is 0 Å². The van der Waals surface area contributed by atoms with E-state index in [0.29, 0.717) is 12.1 Å². The number of aromatic amines is 1. The van der Waals surface area contributed by atoms with Gasteiger partial charge in [-0.25, -0.2) is 0 Å². The van der Waals surface area contributed by atoms with Crippen molar-refractivity contribution in [2.45, 2.75) is 44.7 Å². The molecule has 0 radical (unpaired) electrons. The average Bonchev–Trinajstić information content (AvgIpc) is 2.68. The minimum Gasteiger partial charge on any atom is -0.365 e. The standard InChI is InChI=1S/C12H19N3O/c1-8-11(6-7-14-8)12(16)15-10-4-2-9(13)3-5-10/h6-7,9-10,14H,2-5,13H2,1H3,(H,15,16). The second-order valence-electron chi connectivity index (χ2n) is 4.60. The van der Waals surface area contributed by atoms with E-state index in [9.17, 15) is 4.79 Å². The third kappa shape index (κ3) is 2.44. The molecule has 1 saturated carbocycles. The Hall–Kier alpha value is -1.29. The molecule has 0 atom stereocenters. The molecule has 0 unspecified atom stereocenters. The first kappa shape index (κ1) is 11.2. The highest BCUT2D eigenvalue weighted by atomic mass is 16.1. The fourth-order valence-electron chi connectivity index (χ4n) is 2.23. The number of aryl methyl sites for hydroxylation is 1. The highest BCUT2D eigenvalue weighted by Crippen LogP contribution is 2.17. The molecule has 0 bridgehead atoms. The van der Waals surface area contributed by atoms with Crippen molar-refractivity contribution in [1.82, 2.24) is 10.3 Å². The van der Waals surface area contributed by atoms with Crippen LogP contribution in [0.3, 0.4) is 0 Å². The van der Waals surface area contributed by atoms with Crippen LogP contribution in [0, 0.1) is 6.92 Å². The second-order valence-corrected chi connectivity index (χ2v) is 4.60.